The van der Waals surface area contributed by atoms with Crippen LogP contribution in [0.25, 0.3) is 0 Å². The second-order valence-corrected chi connectivity index (χ2v) is 8.13. The molecule has 1 aliphatic heterocycles. The molecule has 2 aromatic rings. The number of hydrogen-bond acceptors (Lipinski definition) is 3. The summed E-state index contributed by atoms with van der Waals surface area (Å²) in [6, 6.07) is 12.2. The molecule has 1 aromatic carbocycles. The Morgan fingerprint density at radius 1 is 1.30 bits per heavy atom. The summed E-state index contributed by atoms with van der Waals surface area (Å²) in [6.45, 7) is 8.21. The van der Waals surface area contributed by atoms with Crippen molar-refractivity contribution in [1.29, 1.82) is 0 Å². The van der Waals surface area contributed by atoms with E-state index < -0.39 is 0 Å². The summed E-state index contributed by atoms with van der Waals surface area (Å²) in [5.41, 5.74) is 1.45. The minimum absolute atomic E-state index is 0.170. The van der Waals surface area contributed by atoms with Crippen molar-refractivity contribution in [2.24, 2.45) is 5.92 Å². The highest BCUT2D eigenvalue weighted by atomic mass is 32.1. The van der Waals surface area contributed by atoms with Crippen molar-refractivity contribution in [3.8, 4) is 5.75 Å². The number of phenols is 1. The van der Waals surface area contributed by atoms with Gasteiger partial charge in [0.2, 0.25) is 0 Å². The lowest BCUT2D eigenvalue weighted by molar-refractivity contribution is 0.110. The number of thiophene rings is 1. The third-order valence-corrected chi connectivity index (χ3v) is 6.49. The molecule has 1 aliphatic rings. The van der Waals surface area contributed by atoms with Gasteiger partial charge in [-0.05, 0) is 72.8 Å². The van der Waals surface area contributed by atoms with Gasteiger partial charge in [0, 0.05) is 11.4 Å². The highest BCUT2D eigenvalue weighted by Gasteiger charge is 2.37. The molecule has 0 radical (unpaired) electrons. The van der Waals surface area contributed by atoms with E-state index in [-0.39, 0.29) is 5.41 Å². The SMILES string of the molecule is CC1CN(CCCc2cccs2)CCC1(C)c1cccc(O)c1. The van der Waals surface area contributed by atoms with Crippen LogP contribution in [0.15, 0.2) is 41.8 Å². The van der Waals surface area contributed by atoms with E-state index >= 15 is 0 Å². The quantitative estimate of drug-likeness (QED) is 0.860. The zero-order valence-corrected chi connectivity index (χ0v) is 15.0. The zero-order valence-electron chi connectivity index (χ0n) is 14.2. The van der Waals surface area contributed by atoms with Gasteiger partial charge in [-0.1, -0.05) is 32.0 Å². The monoisotopic (exact) mass is 329 g/mol. The standard InChI is InChI=1S/C20H27NOS/c1-16-15-21(11-4-8-19-9-5-13-23-19)12-10-20(16,2)17-6-3-7-18(22)14-17/h3,5-7,9,13-14,16,22H,4,8,10-12,15H2,1-2H3. The molecule has 1 aromatic heterocycles. The smallest absolute Gasteiger partial charge is 0.115 e. The van der Waals surface area contributed by atoms with Gasteiger partial charge in [-0.3, -0.25) is 0 Å². The lowest BCUT2D eigenvalue weighted by Gasteiger charge is -2.45. The van der Waals surface area contributed by atoms with Gasteiger partial charge in [0.15, 0.2) is 0 Å². The van der Waals surface area contributed by atoms with Crippen LogP contribution in [-0.2, 0) is 11.8 Å². The maximum absolute atomic E-state index is 9.79. The van der Waals surface area contributed by atoms with Crippen LogP contribution in [-0.4, -0.2) is 29.6 Å². The fourth-order valence-electron chi connectivity index (χ4n) is 3.74. The van der Waals surface area contributed by atoms with Gasteiger partial charge in [-0.25, -0.2) is 0 Å². The second-order valence-electron chi connectivity index (χ2n) is 7.10. The van der Waals surface area contributed by atoms with Gasteiger partial charge in [-0.15, -0.1) is 11.3 Å². The molecular weight excluding hydrogens is 302 g/mol. The maximum atomic E-state index is 9.79. The first kappa shape index (κ1) is 16.5. The van der Waals surface area contributed by atoms with E-state index in [2.05, 4.69) is 42.3 Å². The first-order valence-electron chi connectivity index (χ1n) is 8.62. The van der Waals surface area contributed by atoms with E-state index in [1.165, 1.54) is 29.8 Å². The van der Waals surface area contributed by atoms with Gasteiger partial charge in [0.1, 0.15) is 5.75 Å². The van der Waals surface area contributed by atoms with Crippen LogP contribution in [0.3, 0.4) is 0 Å². The number of phenolic OH excluding ortho intramolecular Hbond substituents is 1. The molecule has 1 fully saturated rings. The van der Waals surface area contributed by atoms with Crippen molar-refractivity contribution in [3.05, 3.63) is 52.2 Å². The molecule has 0 spiro atoms. The second kappa shape index (κ2) is 7.06. The zero-order chi connectivity index (χ0) is 16.3. The number of aryl methyl sites for hydroxylation is 1. The summed E-state index contributed by atoms with van der Waals surface area (Å²) < 4.78 is 0. The van der Waals surface area contributed by atoms with E-state index in [9.17, 15) is 5.11 Å². The molecule has 2 atom stereocenters. The van der Waals surface area contributed by atoms with Gasteiger partial charge in [0.25, 0.3) is 0 Å². The fourth-order valence-corrected chi connectivity index (χ4v) is 4.49. The summed E-state index contributed by atoms with van der Waals surface area (Å²) in [6.07, 6.45) is 3.61. The third kappa shape index (κ3) is 3.78. The summed E-state index contributed by atoms with van der Waals surface area (Å²) in [4.78, 5) is 4.11. The van der Waals surface area contributed by atoms with Gasteiger partial charge < -0.3 is 10.0 Å². The molecule has 0 amide bonds. The summed E-state index contributed by atoms with van der Waals surface area (Å²) in [7, 11) is 0. The van der Waals surface area contributed by atoms with Gasteiger partial charge in [-0.2, -0.15) is 0 Å². The molecule has 1 N–H and O–H groups in total. The fraction of sp³-hybridized carbons (Fsp3) is 0.500. The lowest BCUT2D eigenvalue weighted by Crippen LogP contribution is -2.47. The molecular formula is C20H27NOS. The molecule has 0 bridgehead atoms. The number of likely N-dealkylation sites (tertiary alicyclic amines) is 1. The Morgan fingerprint density at radius 2 is 2.17 bits per heavy atom. The first-order valence-corrected chi connectivity index (χ1v) is 9.50. The summed E-state index contributed by atoms with van der Waals surface area (Å²) in [5, 5.41) is 12.0. The van der Waals surface area contributed by atoms with Crippen LogP contribution < -0.4 is 0 Å². The number of hydrogen-bond donors (Lipinski definition) is 1. The number of aromatic hydroxyl groups is 1. The predicted octanol–water partition coefficient (Wildman–Crippen LogP) is 4.69. The van der Waals surface area contributed by atoms with Crippen LogP contribution in [0.5, 0.6) is 5.75 Å². The molecule has 2 unspecified atom stereocenters. The van der Waals surface area contributed by atoms with Crippen LogP contribution in [0.4, 0.5) is 0 Å². The van der Waals surface area contributed by atoms with Crippen LogP contribution >= 0.6 is 11.3 Å². The molecule has 3 rings (SSSR count). The minimum atomic E-state index is 0.170. The van der Waals surface area contributed by atoms with Gasteiger partial charge in [0.05, 0.1) is 0 Å². The average molecular weight is 330 g/mol. The van der Waals surface area contributed by atoms with E-state index in [0.29, 0.717) is 11.7 Å². The molecule has 3 heteroatoms. The Kier molecular flexibility index (Phi) is 5.08. The molecule has 23 heavy (non-hydrogen) atoms. The first-order chi connectivity index (χ1) is 11.1. The molecule has 0 saturated carbocycles. The molecule has 124 valence electrons. The highest BCUT2D eigenvalue weighted by molar-refractivity contribution is 7.09. The van der Waals surface area contributed by atoms with E-state index in [1.807, 2.05) is 23.5 Å². The lowest BCUT2D eigenvalue weighted by atomic mass is 9.68. The number of nitrogens with zero attached hydrogens (tertiary/aromatic N) is 1. The van der Waals surface area contributed by atoms with Crippen molar-refractivity contribution < 1.29 is 5.11 Å². The van der Waals surface area contributed by atoms with Crippen LogP contribution in [0.2, 0.25) is 0 Å². The van der Waals surface area contributed by atoms with Crippen molar-refractivity contribution in [1.82, 2.24) is 4.90 Å². The van der Waals surface area contributed by atoms with Crippen molar-refractivity contribution in [3.63, 3.8) is 0 Å². The Labute approximate surface area is 143 Å². The molecule has 2 heterocycles. The van der Waals surface area contributed by atoms with Crippen molar-refractivity contribution >= 4 is 11.3 Å². The Balaban J connectivity index is 1.56. The maximum Gasteiger partial charge on any atom is 0.115 e. The topological polar surface area (TPSA) is 23.5 Å². The molecule has 0 aliphatic carbocycles. The molecule has 2 nitrogen and oxygen atoms in total. The predicted molar refractivity (Wildman–Crippen MR) is 98.3 cm³/mol. The Bertz CT molecular complexity index is 624. The van der Waals surface area contributed by atoms with E-state index in [0.717, 1.165) is 19.5 Å². The van der Waals surface area contributed by atoms with Crippen LogP contribution in [0.1, 0.15) is 37.1 Å². The number of rotatable bonds is 5. The highest BCUT2D eigenvalue weighted by Crippen LogP contribution is 2.40. The Hall–Kier alpha value is -1.32. The number of piperidine rings is 1. The van der Waals surface area contributed by atoms with E-state index in [1.54, 1.807) is 6.07 Å². The normalized spacial score (nSPS) is 25.6. The van der Waals surface area contributed by atoms with Gasteiger partial charge >= 0.3 is 0 Å². The average Bonchev–Trinajstić information content (AvgIpc) is 3.04. The van der Waals surface area contributed by atoms with Crippen molar-refractivity contribution in [2.45, 2.75) is 38.5 Å². The van der Waals surface area contributed by atoms with Crippen LogP contribution in [0, 0.1) is 5.92 Å². The molecule has 1 saturated heterocycles. The minimum Gasteiger partial charge on any atom is -0.508 e. The van der Waals surface area contributed by atoms with Crippen molar-refractivity contribution in [2.75, 3.05) is 19.6 Å². The third-order valence-electron chi connectivity index (χ3n) is 5.55. The summed E-state index contributed by atoms with van der Waals surface area (Å²) >= 11 is 1.87. The largest absolute Gasteiger partial charge is 0.508 e. The Morgan fingerprint density at radius 3 is 2.87 bits per heavy atom. The van der Waals surface area contributed by atoms with E-state index in [4.69, 9.17) is 0 Å². The summed E-state index contributed by atoms with van der Waals surface area (Å²) in [5.74, 6) is 0.981. The number of benzene rings is 1.